The van der Waals surface area contributed by atoms with Gasteiger partial charge in [0.1, 0.15) is 11.6 Å². The molecule has 8 nitrogen and oxygen atoms in total. The number of hydrogen-bond acceptors (Lipinski definition) is 5. The summed E-state index contributed by atoms with van der Waals surface area (Å²) in [4.78, 5) is 38.6. The summed E-state index contributed by atoms with van der Waals surface area (Å²) >= 11 is 0. The maximum atomic E-state index is 12.5. The summed E-state index contributed by atoms with van der Waals surface area (Å²) in [5.74, 6) is 1.51. The van der Waals surface area contributed by atoms with Gasteiger partial charge in [-0.25, -0.2) is 19.3 Å². The molecule has 0 bridgehead atoms. The summed E-state index contributed by atoms with van der Waals surface area (Å²) < 4.78 is 1.49. The number of pyridine rings is 2. The van der Waals surface area contributed by atoms with Crippen molar-refractivity contribution < 1.29 is 4.79 Å². The van der Waals surface area contributed by atoms with Crippen molar-refractivity contribution in [3.63, 3.8) is 0 Å². The summed E-state index contributed by atoms with van der Waals surface area (Å²) in [7, 11) is 0. The van der Waals surface area contributed by atoms with E-state index in [9.17, 15) is 9.59 Å². The van der Waals surface area contributed by atoms with Crippen LogP contribution in [0.2, 0.25) is 0 Å². The zero-order valence-electron chi connectivity index (χ0n) is 15.4. The van der Waals surface area contributed by atoms with Crippen LogP contribution < -0.4 is 15.9 Å². The molecule has 4 rings (SSSR count). The van der Waals surface area contributed by atoms with Crippen LogP contribution in [0.15, 0.2) is 35.3 Å². The second-order valence-electron chi connectivity index (χ2n) is 7.10. The molecule has 4 heterocycles. The number of amides is 1. The second-order valence-corrected chi connectivity index (χ2v) is 7.10. The molecular formula is C19H22N6O2. The summed E-state index contributed by atoms with van der Waals surface area (Å²) in [5.41, 5.74) is 1.39. The van der Waals surface area contributed by atoms with Gasteiger partial charge in [-0.05, 0) is 36.6 Å². The lowest BCUT2D eigenvalue weighted by Gasteiger charge is -2.24. The van der Waals surface area contributed by atoms with Crippen LogP contribution >= 0.6 is 0 Å². The van der Waals surface area contributed by atoms with E-state index in [2.05, 4.69) is 34.0 Å². The van der Waals surface area contributed by atoms with Crippen molar-refractivity contribution in [2.75, 3.05) is 24.5 Å². The largest absolute Gasteiger partial charge is 0.354 e. The topological polar surface area (TPSA) is 95.9 Å². The number of nitrogens with one attached hydrogen (secondary N) is 2. The van der Waals surface area contributed by atoms with Crippen molar-refractivity contribution in [2.24, 2.45) is 5.92 Å². The van der Waals surface area contributed by atoms with Crippen molar-refractivity contribution in [1.82, 2.24) is 24.8 Å². The maximum absolute atomic E-state index is 12.5. The molecule has 2 N–H and O–H groups in total. The Morgan fingerprint density at radius 2 is 2.07 bits per heavy atom. The van der Waals surface area contributed by atoms with Gasteiger partial charge in [-0.3, -0.25) is 9.78 Å². The lowest BCUT2D eigenvalue weighted by molar-refractivity contribution is 0.0958. The predicted molar refractivity (Wildman–Crippen MR) is 103 cm³/mol. The Kier molecular flexibility index (Phi) is 4.39. The molecule has 1 amide bonds. The molecule has 3 aromatic heterocycles. The molecule has 0 aromatic carbocycles. The minimum atomic E-state index is -0.303. The third-order valence-corrected chi connectivity index (χ3v) is 4.73. The molecule has 0 saturated heterocycles. The van der Waals surface area contributed by atoms with Crippen molar-refractivity contribution in [2.45, 2.75) is 20.3 Å². The molecule has 0 fully saturated rings. The van der Waals surface area contributed by atoms with Gasteiger partial charge in [0.25, 0.3) is 5.91 Å². The first-order valence-corrected chi connectivity index (χ1v) is 9.15. The fourth-order valence-electron chi connectivity index (χ4n) is 3.29. The molecule has 0 atom stereocenters. The average molecular weight is 366 g/mol. The number of fused-ring (bicyclic) bond motifs is 2. The molecule has 0 spiro atoms. The van der Waals surface area contributed by atoms with E-state index in [1.54, 1.807) is 24.4 Å². The fraction of sp³-hybridized carbons (Fsp3) is 0.368. The minimum absolute atomic E-state index is 0.135. The van der Waals surface area contributed by atoms with E-state index in [1.165, 1.54) is 4.57 Å². The third-order valence-electron chi connectivity index (χ3n) is 4.73. The number of aromatic nitrogens is 4. The summed E-state index contributed by atoms with van der Waals surface area (Å²) in [6.45, 7) is 6.40. The number of imidazole rings is 1. The number of carbonyl (C=O) groups excluding carboxylic acids is 1. The first-order valence-electron chi connectivity index (χ1n) is 9.15. The second kappa shape index (κ2) is 6.86. The lowest BCUT2D eigenvalue weighted by atomic mass is 10.1. The Morgan fingerprint density at radius 1 is 1.22 bits per heavy atom. The maximum Gasteiger partial charge on any atom is 0.333 e. The van der Waals surface area contributed by atoms with E-state index in [0.29, 0.717) is 47.4 Å². The van der Waals surface area contributed by atoms with E-state index in [-0.39, 0.29) is 11.6 Å². The molecule has 0 unspecified atom stereocenters. The van der Waals surface area contributed by atoms with Gasteiger partial charge in [-0.1, -0.05) is 13.8 Å². The van der Waals surface area contributed by atoms with Crippen LogP contribution in [0.3, 0.4) is 0 Å². The molecule has 140 valence electrons. The van der Waals surface area contributed by atoms with Gasteiger partial charge in [0, 0.05) is 25.8 Å². The average Bonchev–Trinajstić information content (AvgIpc) is 2.90. The molecule has 0 aliphatic carbocycles. The smallest absolute Gasteiger partial charge is 0.333 e. The lowest BCUT2D eigenvalue weighted by Crippen LogP contribution is -2.31. The Balaban J connectivity index is 1.84. The Morgan fingerprint density at radius 3 is 2.89 bits per heavy atom. The SMILES string of the molecule is CC(C)CCN1CCNC(=O)c2ccc(-n3c(=O)[nH]c4ncccc43)nc21. The van der Waals surface area contributed by atoms with Gasteiger partial charge < -0.3 is 10.2 Å². The van der Waals surface area contributed by atoms with Crippen LogP contribution in [0.4, 0.5) is 5.82 Å². The summed E-state index contributed by atoms with van der Waals surface area (Å²) in [6.07, 6.45) is 2.63. The van der Waals surface area contributed by atoms with E-state index in [0.717, 1.165) is 13.0 Å². The third kappa shape index (κ3) is 3.18. The Labute approximate surface area is 156 Å². The number of anilines is 1. The number of nitrogens with zero attached hydrogens (tertiary/aromatic N) is 4. The number of H-pyrrole nitrogens is 1. The zero-order chi connectivity index (χ0) is 19.0. The normalized spacial score (nSPS) is 14.3. The van der Waals surface area contributed by atoms with E-state index in [1.807, 2.05) is 6.07 Å². The predicted octanol–water partition coefficient (Wildman–Crippen LogP) is 1.70. The molecule has 0 saturated carbocycles. The quantitative estimate of drug-likeness (QED) is 0.733. The van der Waals surface area contributed by atoms with E-state index >= 15 is 0 Å². The van der Waals surface area contributed by atoms with Crippen molar-refractivity contribution in [3.05, 3.63) is 46.5 Å². The first-order chi connectivity index (χ1) is 13.0. The standard InChI is InChI=1S/C19H22N6O2/c1-12(2)7-10-24-11-9-21-18(26)13-5-6-15(22-17(13)24)25-14-4-3-8-20-16(14)23-19(25)27/h3-6,8,12H,7,9-11H2,1-2H3,(H,21,26)(H,20,23,27). The van der Waals surface area contributed by atoms with Gasteiger partial charge in [-0.15, -0.1) is 0 Å². The van der Waals surface area contributed by atoms with Crippen molar-refractivity contribution in [3.8, 4) is 5.82 Å². The molecular weight excluding hydrogens is 344 g/mol. The van der Waals surface area contributed by atoms with Crippen LogP contribution in [0.5, 0.6) is 0 Å². The number of rotatable bonds is 4. The van der Waals surface area contributed by atoms with Gasteiger partial charge in [-0.2, -0.15) is 0 Å². The number of aromatic amines is 1. The van der Waals surface area contributed by atoms with Crippen LogP contribution in [-0.2, 0) is 0 Å². The molecule has 8 heteroatoms. The van der Waals surface area contributed by atoms with Gasteiger partial charge >= 0.3 is 5.69 Å². The minimum Gasteiger partial charge on any atom is -0.354 e. The Hall–Kier alpha value is -3.16. The number of hydrogen-bond donors (Lipinski definition) is 2. The highest BCUT2D eigenvalue weighted by Gasteiger charge is 2.23. The van der Waals surface area contributed by atoms with Crippen molar-refractivity contribution >= 4 is 22.9 Å². The molecule has 1 aliphatic heterocycles. The van der Waals surface area contributed by atoms with Gasteiger partial charge in [0.15, 0.2) is 5.65 Å². The molecule has 27 heavy (non-hydrogen) atoms. The molecule has 0 radical (unpaired) electrons. The van der Waals surface area contributed by atoms with Gasteiger partial charge in [0.05, 0.1) is 11.1 Å². The highest BCUT2D eigenvalue weighted by atomic mass is 16.2. The van der Waals surface area contributed by atoms with Crippen molar-refractivity contribution in [1.29, 1.82) is 0 Å². The summed E-state index contributed by atoms with van der Waals surface area (Å²) in [6, 6.07) is 7.03. The number of carbonyl (C=O) groups is 1. The monoisotopic (exact) mass is 366 g/mol. The van der Waals surface area contributed by atoms with E-state index in [4.69, 9.17) is 4.98 Å². The zero-order valence-corrected chi connectivity index (χ0v) is 15.4. The summed E-state index contributed by atoms with van der Waals surface area (Å²) in [5, 5.41) is 2.91. The first kappa shape index (κ1) is 17.3. The van der Waals surface area contributed by atoms with Gasteiger partial charge in [0.2, 0.25) is 0 Å². The molecule has 3 aromatic rings. The fourth-order valence-corrected chi connectivity index (χ4v) is 3.29. The van der Waals surface area contributed by atoms with Crippen LogP contribution in [0.25, 0.3) is 17.0 Å². The highest BCUT2D eigenvalue weighted by molar-refractivity contribution is 5.99. The Bertz CT molecular complexity index is 1050. The molecule has 1 aliphatic rings. The van der Waals surface area contributed by atoms with E-state index < -0.39 is 0 Å². The van der Waals surface area contributed by atoms with Crippen LogP contribution in [0.1, 0.15) is 30.6 Å². The van der Waals surface area contributed by atoms with Crippen LogP contribution in [-0.4, -0.2) is 45.1 Å². The highest BCUT2D eigenvalue weighted by Crippen LogP contribution is 2.23. The van der Waals surface area contributed by atoms with Crippen LogP contribution in [0, 0.1) is 5.92 Å².